The number of nitrogens with zero attached hydrogens (tertiary/aromatic N) is 1. The molecule has 4 nitrogen and oxygen atoms in total. The standard InChI is InChI=1S/C13H19NO3/c1-5-17-12-7-6-11(8-10(12)2)14(3)9-13(15)16-4/h6-8H,5,9H2,1-4H3. The van der Waals surface area contributed by atoms with Gasteiger partial charge in [-0.25, -0.2) is 0 Å². The summed E-state index contributed by atoms with van der Waals surface area (Å²) in [6, 6.07) is 5.84. The summed E-state index contributed by atoms with van der Waals surface area (Å²) in [5.41, 5.74) is 2.03. The summed E-state index contributed by atoms with van der Waals surface area (Å²) in [6.45, 7) is 4.83. The van der Waals surface area contributed by atoms with Crippen LogP contribution >= 0.6 is 0 Å². The number of hydrogen-bond donors (Lipinski definition) is 0. The van der Waals surface area contributed by atoms with Gasteiger partial charge in [-0.3, -0.25) is 4.79 Å². The molecule has 0 atom stereocenters. The summed E-state index contributed by atoms with van der Waals surface area (Å²) in [7, 11) is 3.24. The van der Waals surface area contributed by atoms with Crippen molar-refractivity contribution in [2.45, 2.75) is 13.8 Å². The van der Waals surface area contributed by atoms with Gasteiger partial charge < -0.3 is 14.4 Å². The van der Waals surface area contributed by atoms with Crippen molar-refractivity contribution < 1.29 is 14.3 Å². The van der Waals surface area contributed by atoms with E-state index in [1.54, 1.807) is 0 Å². The largest absolute Gasteiger partial charge is 0.494 e. The molecule has 0 aromatic heterocycles. The Morgan fingerprint density at radius 1 is 1.41 bits per heavy atom. The number of anilines is 1. The highest BCUT2D eigenvalue weighted by Crippen LogP contribution is 2.23. The van der Waals surface area contributed by atoms with Gasteiger partial charge in [-0.15, -0.1) is 0 Å². The highest BCUT2D eigenvalue weighted by molar-refractivity contribution is 5.75. The summed E-state index contributed by atoms with van der Waals surface area (Å²) >= 11 is 0. The van der Waals surface area contributed by atoms with Gasteiger partial charge in [0.15, 0.2) is 0 Å². The monoisotopic (exact) mass is 237 g/mol. The fourth-order valence-corrected chi connectivity index (χ4v) is 1.54. The number of hydrogen-bond acceptors (Lipinski definition) is 4. The SMILES string of the molecule is CCOc1ccc(N(C)CC(=O)OC)cc1C. The van der Waals surface area contributed by atoms with Crippen molar-refractivity contribution in [3.8, 4) is 5.75 Å². The molecule has 0 N–H and O–H groups in total. The van der Waals surface area contributed by atoms with E-state index in [-0.39, 0.29) is 12.5 Å². The van der Waals surface area contributed by atoms with Gasteiger partial charge in [0.2, 0.25) is 0 Å². The van der Waals surface area contributed by atoms with Crippen LogP contribution in [0.2, 0.25) is 0 Å². The van der Waals surface area contributed by atoms with Crippen molar-refractivity contribution in [2.75, 3.05) is 32.2 Å². The first-order valence-corrected chi connectivity index (χ1v) is 5.60. The summed E-state index contributed by atoms with van der Waals surface area (Å²) < 4.78 is 10.1. The van der Waals surface area contributed by atoms with Crippen LogP contribution in [0.5, 0.6) is 5.75 Å². The van der Waals surface area contributed by atoms with Crippen LogP contribution in [0.25, 0.3) is 0 Å². The maximum atomic E-state index is 11.2. The number of esters is 1. The second-order valence-electron chi connectivity index (χ2n) is 3.82. The Morgan fingerprint density at radius 3 is 2.65 bits per heavy atom. The van der Waals surface area contributed by atoms with Crippen LogP contribution in [0.4, 0.5) is 5.69 Å². The summed E-state index contributed by atoms with van der Waals surface area (Å²) in [6.07, 6.45) is 0. The van der Waals surface area contributed by atoms with Crippen LogP contribution < -0.4 is 9.64 Å². The van der Waals surface area contributed by atoms with E-state index in [1.165, 1.54) is 7.11 Å². The minimum absolute atomic E-state index is 0.240. The van der Waals surface area contributed by atoms with Gasteiger partial charge in [-0.05, 0) is 37.6 Å². The maximum Gasteiger partial charge on any atom is 0.325 e. The molecule has 0 heterocycles. The highest BCUT2D eigenvalue weighted by Gasteiger charge is 2.08. The van der Waals surface area contributed by atoms with Crippen molar-refractivity contribution in [3.05, 3.63) is 23.8 Å². The van der Waals surface area contributed by atoms with Gasteiger partial charge >= 0.3 is 5.97 Å². The zero-order valence-corrected chi connectivity index (χ0v) is 10.8. The molecule has 94 valence electrons. The average Bonchev–Trinajstić information content (AvgIpc) is 2.31. The highest BCUT2D eigenvalue weighted by atomic mass is 16.5. The zero-order chi connectivity index (χ0) is 12.8. The first-order chi connectivity index (χ1) is 8.08. The fourth-order valence-electron chi connectivity index (χ4n) is 1.54. The molecule has 17 heavy (non-hydrogen) atoms. The second kappa shape index (κ2) is 6.13. The third-order valence-electron chi connectivity index (χ3n) is 2.49. The van der Waals surface area contributed by atoms with E-state index in [1.807, 2.05) is 44.0 Å². The van der Waals surface area contributed by atoms with Crippen LogP contribution in [0.1, 0.15) is 12.5 Å². The lowest BCUT2D eigenvalue weighted by Gasteiger charge is -2.19. The molecule has 0 aliphatic rings. The van der Waals surface area contributed by atoms with Crippen LogP contribution in [-0.2, 0) is 9.53 Å². The molecule has 0 fully saturated rings. The average molecular weight is 237 g/mol. The van der Waals surface area contributed by atoms with E-state index in [2.05, 4.69) is 4.74 Å². The van der Waals surface area contributed by atoms with E-state index >= 15 is 0 Å². The van der Waals surface area contributed by atoms with Gasteiger partial charge in [0.25, 0.3) is 0 Å². The Balaban J connectivity index is 2.78. The maximum absolute atomic E-state index is 11.2. The van der Waals surface area contributed by atoms with Gasteiger partial charge in [-0.1, -0.05) is 0 Å². The number of ether oxygens (including phenoxy) is 2. The minimum atomic E-state index is -0.251. The summed E-state index contributed by atoms with van der Waals surface area (Å²) in [4.78, 5) is 13.0. The van der Waals surface area contributed by atoms with Gasteiger partial charge in [-0.2, -0.15) is 0 Å². The van der Waals surface area contributed by atoms with Crippen molar-refractivity contribution in [2.24, 2.45) is 0 Å². The normalized spacial score (nSPS) is 9.88. The van der Waals surface area contributed by atoms with Gasteiger partial charge in [0.1, 0.15) is 12.3 Å². The van der Waals surface area contributed by atoms with E-state index in [9.17, 15) is 4.79 Å². The number of methoxy groups -OCH3 is 1. The second-order valence-corrected chi connectivity index (χ2v) is 3.82. The molecule has 1 aromatic carbocycles. The smallest absolute Gasteiger partial charge is 0.325 e. The van der Waals surface area contributed by atoms with Crippen molar-refractivity contribution >= 4 is 11.7 Å². The molecule has 0 saturated carbocycles. The predicted molar refractivity (Wildman–Crippen MR) is 67.6 cm³/mol. The molecule has 0 amide bonds. The summed E-state index contributed by atoms with van der Waals surface area (Å²) in [5.74, 6) is 0.627. The number of carbonyl (C=O) groups is 1. The molecule has 4 heteroatoms. The molecule has 0 aliphatic heterocycles. The molecule has 0 bridgehead atoms. The van der Waals surface area contributed by atoms with Crippen LogP contribution in [-0.4, -0.2) is 33.3 Å². The predicted octanol–water partition coefficient (Wildman–Crippen LogP) is 2.00. The number of benzene rings is 1. The Bertz CT molecular complexity index is 390. The quantitative estimate of drug-likeness (QED) is 0.734. The van der Waals surface area contributed by atoms with Gasteiger partial charge in [0, 0.05) is 12.7 Å². The van der Waals surface area contributed by atoms with E-state index in [0.29, 0.717) is 6.61 Å². The molecule has 0 aliphatic carbocycles. The van der Waals surface area contributed by atoms with Gasteiger partial charge in [0.05, 0.1) is 13.7 Å². The fraction of sp³-hybridized carbons (Fsp3) is 0.462. The van der Waals surface area contributed by atoms with Crippen molar-refractivity contribution in [1.29, 1.82) is 0 Å². The number of likely N-dealkylation sites (N-methyl/N-ethyl adjacent to an activating group) is 1. The first kappa shape index (κ1) is 13.4. The molecular formula is C13H19NO3. The molecule has 0 spiro atoms. The lowest BCUT2D eigenvalue weighted by molar-refractivity contribution is -0.138. The topological polar surface area (TPSA) is 38.8 Å². The van der Waals surface area contributed by atoms with Crippen LogP contribution in [0.15, 0.2) is 18.2 Å². The first-order valence-electron chi connectivity index (χ1n) is 5.60. The third-order valence-corrected chi connectivity index (χ3v) is 2.49. The molecule has 1 rings (SSSR count). The van der Waals surface area contributed by atoms with Crippen LogP contribution in [0, 0.1) is 6.92 Å². The zero-order valence-electron chi connectivity index (χ0n) is 10.8. The van der Waals surface area contributed by atoms with Crippen molar-refractivity contribution in [1.82, 2.24) is 0 Å². The Kier molecular flexibility index (Phi) is 4.82. The molecule has 0 radical (unpaired) electrons. The van der Waals surface area contributed by atoms with E-state index < -0.39 is 0 Å². The lowest BCUT2D eigenvalue weighted by atomic mass is 10.2. The lowest BCUT2D eigenvalue weighted by Crippen LogP contribution is -2.26. The summed E-state index contributed by atoms with van der Waals surface area (Å²) in [5, 5.41) is 0. The molecule has 0 unspecified atom stereocenters. The van der Waals surface area contributed by atoms with E-state index in [0.717, 1.165) is 17.0 Å². The molecule has 1 aromatic rings. The number of aryl methyl sites for hydroxylation is 1. The van der Waals surface area contributed by atoms with Crippen LogP contribution in [0.3, 0.4) is 0 Å². The third kappa shape index (κ3) is 3.66. The van der Waals surface area contributed by atoms with Crippen molar-refractivity contribution in [3.63, 3.8) is 0 Å². The Hall–Kier alpha value is -1.71. The van der Waals surface area contributed by atoms with E-state index in [4.69, 9.17) is 4.74 Å². The number of rotatable bonds is 5. The minimum Gasteiger partial charge on any atom is -0.494 e. The Labute approximate surface area is 102 Å². The Morgan fingerprint density at radius 2 is 2.12 bits per heavy atom. The molecular weight excluding hydrogens is 218 g/mol. The number of carbonyl (C=O) groups excluding carboxylic acids is 1. The molecule has 0 saturated heterocycles.